The fraction of sp³-hybridized carbons (Fsp3) is 0.263. The van der Waals surface area contributed by atoms with Crippen molar-refractivity contribution < 1.29 is 4.79 Å². The summed E-state index contributed by atoms with van der Waals surface area (Å²) in [6, 6.07) is 7.33. The molecule has 0 saturated heterocycles. The Labute approximate surface area is 160 Å². The molecule has 4 rings (SSSR count). The molecule has 0 saturated carbocycles. The summed E-state index contributed by atoms with van der Waals surface area (Å²) in [5, 5.41) is 10.6. The molecule has 0 atom stereocenters. The van der Waals surface area contributed by atoms with Crippen LogP contribution in [-0.2, 0) is 19.4 Å². The Morgan fingerprint density at radius 1 is 1.33 bits per heavy atom. The zero-order valence-corrected chi connectivity index (χ0v) is 15.8. The van der Waals surface area contributed by atoms with Crippen LogP contribution in [0.3, 0.4) is 0 Å². The van der Waals surface area contributed by atoms with E-state index in [2.05, 4.69) is 21.0 Å². The minimum Gasteiger partial charge on any atom is -0.345 e. The second kappa shape index (κ2) is 8.24. The number of nitrogens with two attached hydrogens (primary N) is 1. The molecule has 0 fully saturated rings. The minimum atomic E-state index is -0.399. The smallest absolute Gasteiger partial charge is 0.287 e. The lowest BCUT2D eigenvalue weighted by molar-refractivity contribution is 0.0940. The SMILES string of the molecule is CN.N=Cc1ccc(CNC(=O)c2nc3sc4c(c3c(=O)[nH]2)CCC4)cc1. The van der Waals surface area contributed by atoms with E-state index in [-0.39, 0.29) is 11.4 Å². The van der Waals surface area contributed by atoms with Gasteiger partial charge in [0.05, 0.1) is 5.39 Å². The van der Waals surface area contributed by atoms with E-state index in [1.807, 2.05) is 24.3 Å². The van der Waals surface area contributed by atoms with E-state index < -0.39 is 5.91 Å². The maximum atomic E-state index is 12.4. The third kappa shape index (κ3) is 3.81. The second-order valence-electron chi connectivity index (χ2n) is 6.02. The third-order valence-electron chi connectivity index (χ3n) is 4.39. The molecule has 0 spiro atoms. The van der Waals surface area contributed by atoms with Crippen LogP contribution in [0, 0.1) is 5.41 Å². The Balaban J connectivity index is 0.00000102. The number of aromatic nitrogens is 2. The van der Waals surface area contributed by atoms with Crippen molar-refractivity contribution in [2.24, 2.45) is 5.73 Å². The Morgan fingerprint density at radius 3 is 2.78 bits per heavy atom. The van der Waals surface area contributed by atoms with Crippen molar-refractivity contribution in [2.45, 2.75) is 25.8 Å². The summed E-state index contributed by atoms with van der Waals surface area (Å²) in [5.41, 5.74) is 7.09. The van der Waals surface area contributed by atoms with E-state index in [1.54, 1.807) is 0 Å². The van der Waals surface area contributed by atoms with Gasteiger partial charge in [-0.1, -0.05) is 24.3 Å². The molecule has 1 aliphatic carbocycles. The Morgan fingerprint density at radius 2 is 2.07 bits per heavy atom. The zero-order valence-electron chi connectivity index (χ0n) is 15.0. The van der Waals surface area contributed by atoms with Gasteiger partial charge in [0.2, 0.25) is 5.82 Å². The van der Waals surface area contributed by atoms with Gasteiger partial charge in [-0.25, -0.2) is 4.98 Å². The van der Waals surface area contributed by atoms with Crippen LogP contribution in [0.2, 0.25) is 0 Å². The predicted molar refractivity (Wildman–Crippen MR) is 108 cm³/mol. The van der Waals surface area contributed by atoms with E-state index >= 15 is 0 Å². The highest BCUT2D eigenvalue weighted by atomic mass is 32.1. The number of thiophene rings is 1. The number of hydrogen-bond donors (Lipinski definition) is 4. The molecule has 1 amide bonds. The van der Waals surface area contributed by atoms with Crippen molar-refractivity contribution >= 4 is 33.7 Å². The zero-order chi connectivity index (χ0) is 19.4. The number of carbonyl (C=O) groups is 1. The number of aromatic amines is 1. The molecule has 140 valence electrons. The van der Waals surface area contributed by atoms with Crippen molar-refractivity contribution in [3.8, 4) is 0 Å². The molecule has 2 aromatic heterocycles. The van der Waals surface area contributed by atoms with E-state index in [0.29, 0.717) is 16.8 Å². The highest BCUT2D eigenvalue weighted by molar-refractivity contribution is 7.18. The molecule has 0 radical (unpaired) electrons. The van der Waals surface area contributed by atoms with E-state index in [4.69, 9.17) is 5.41 Å². The molecule has 0 bridgehead atoms. The number of benzene rings is 1. The Bertz CT molecular complexity index is 1040. The summed E-state index contributed by atoms with van der Waals surface area (Å²) in [6.07, 6.45) is 4.25. The topological polar surface area (TPSA) is 125 Å². The maximum absolute atomic E-state index is 12.4. The summed E-state index contributed by atoms with van der Waals surface area (Å²) in [4.78, 5) is 33.6. The van der Waals surface area contributed by atoms with E-state index in [9.17, 15) is 9.59 Å². The molecule has 2 heterocycles. The van der Waals surface area contributed by atoms with Crippen molar-refractivity contribution in [3.63, 3.8) is 0 Å². The van der Waals surface area contributed by atoms with Crippen LogP contribution in [0.5, 0.6) is 0 Å². The van der Waals surface area contributed by atoms with Crippen molar-refractivity contribution in [1.82, 2.24) is 15.3 Å². The largest absolute Gasteiger partial charge is 0.345 e. The highest BCUT2D eigenvalue weighted by Crippen LogP contribution is 2.34. The first-order valence-corrected chi connectivity index (χ1v) is 9.47. The first kappa shape index (κ1) is 18.9. The van der Waals surface area contributed by atoms with Crippen molar-refractivity contribution in [3.05, 3.63) is 62.0 Å². The molecule has 1 aliphatic rings. The van der Waals surface area contributed by atoms with Crippen LogP contribution in [0.1, 0.15) is 38.6 Å². The minimum absolute atomic E-state index is 0.0496. The van der Waals surface area contributed by atoms with Crippen LogP contribution < -0.4 is 16.6 Å². The third-order valence-corrected chi connectivity index (χ3v) is 5.58. The summed E-state index contributed by atoms with van der Waals surface area (Å²) in [5.74, 6) is -0.350. The number of nitrogens with zero attached hydrogens (tertiary/aromatic N) is 1. The number of hydrogen-bond acceptors (Lipinski definition) is 6. The van der Waals surface area contributed by atoms with E-state index in [0.717, 1.165) is 36.0 Å². The second-order valence-corrected chi connectivity index (χ2v) is 7.10. The van der Waals surface area contributed by atoms with Crippen LogP contribution in [0.25, 0.3) is 10.2 Å². The molecule has 0 aliphatic heterocycles. The number of carbonyl (C=O) groups excluding carboxylic acids is 1. The van der Waals surface area contributed by atoms with Gasteiger partial charge in [0.25, 0.3) is 11.5 Å². The van der Waals surface area contributed by atoms with Gasteiger partial charge in [0.15, 0.2) is 0 Å². The monoisotopic (exact) mass is 383 g/mol. The van der Waals surface area contributed by atoms with Gasteiger partial charge in [0.1, 0.15) is 4.83 Å². The normalized spacial score (nSPS) is 12.2. The van der Waals surface area contributed by atoms with Gasteiger partial charge in [-0.15, -0.1) is 11.3 Å². The number of amides is 1. The number of nitrogens with one attached hydrogen (secondary N) is 3. The molecule has 3 aromatic rings. The molecule has 27 heavy (non-hydrogen) atoms. The van der Waals surface area contributed by atoms with Gasteiger partial charge < -0.3 is 21.4 Å². The lowest BCUT2D eigenvalue weighted by Gasteiger charge is -2.05. The molecule has 8 heteroatoms. The van der Waals surface area contributed by atoms with Gasteiger partial charge >= 0.3 is 0 Å². The maximum Gasteiger partial charge on any atom is 0.287 e. The predicted octanol–water partition coefficient (Wildman–Crippen LogP) is 1.98. The van der Waals surface area contributed by atoms with Gasteiger partial charge in [0, 0.05) is 17.6 Å². The highest BCUT2D eigenvalue weighted by Gasteiger charge is 2.22. The average molecular weight is 383 g/mol. The Kier molecular flexibility index (Phi) is 5.78. The van der Waals surface area contributed by atoms with Gasteiger partial charge in [-0.3, -0.25) is 9.59 Å². The first-order valence-electron chi connectivity index (χ1n) is 8.65. The number of fused-ring (bicyclic) bond motifs is 3. The molecular weight excluding hydrogens is 362 g/mol. The molecule has 7 nitrogen and oxygen atoms in total. The van der Waals surface area contributed by atoms with Gasteiger partial charge in [-0.2, -0.15) is 0 Å². The van der Waals surface area contributed by atoms with Gasteiger partial charge in [-0.05, 0) is 43.0 Å². The van der Waals surface area contributed by atoms with Crippen LogP contribution >= 0.6 is 11.3 Å². The fourth-order valence-electron chi connectivity index (χ4n) is 3.11. The fourth-order valence-corrected chi connectivity index (χ4v) is 4.37. The van der Waals surface area contributed by atoms with Crippen LogP contribution in [0.15, 0.2) is 29.1 Å². The van der Waals surface area contributed by atoms with Crippen LogP contribution in [-0.4, -0.2) is 29.1 Å². The lowest BCUT2D eigenvalue weighted by atomic mass is 10.1. The standard InChI is InChI=1S/C18H16N4O2S.CH5N/c19-8-10-4-6-11(7-5-10)9-20-17(24)15-21-16(23)14-12-2-1-3-13(12)25-18(14)22-15;1-2/h4-8,19H,1-3,9H2,(H,20,24)(H,21,22,23);2H2,1H3. The number of rotatable bonds is 4. The summed E-state index contributed by atoms with van der Waals surface area (Å²) in [7, 11) is 1.50. The quantitative estimate of drug-likeness (QED) is 0.514. The summed E-state index contributed by atoms with van der Waals surface area (Å²) < 4.78 is 0. The molecule has 1 aromatic carbocycles. The molecule has 5 N–H and O–H groups in total. The molecule has 0 unspecified atom stereocenters. The molecular formula is C19H21N5O2S. The van der Waals surface area contributed by atoms with Crippen molar-refractivity contribution in [2.75, 3.05) is 7.05 Å². The van der Waals surface area contributed by atoms with E-state index in [1.165, 1.54) is 29.5 Å². The average Bonchev–Trinajstić information content (AvgIpc) is 3.28. The summed E-state index contributed by atoms with van der Waals surface area (Å²) >= 11 is 1.52. The first-order chi connectivity index (χ1) is 13.2. The number of aryl methyl sites for hydroxylation is 2. The van der Waals surface area contributed by atoms with Crippen LogP contribution in [0.4, 0.5) is 0 Å². The van der Waals surface area contributed by atoms with Crippen molar-refractivity contribution in [1.29, 1.82) is 5.41 Å². The number of H-pyrrole nitrogens is 1. The lowest BCUT2D eigenvalue weighted by Crippen LogP contribution is -2.27. The summed E-state index contributed by atoms with van der Waals surface area (Å²) in [6.45, 7) is 0.333. The Hall–Kier alpha value is -2.84.